The number of hydrogen-bond acceptors (Lipinski definition) is 7. The number of benzene rings is 3. The first-order chi connectivity index (χ1) is 23.4. The van der Waals surface area contributed by atoms with Gasteiger partial charge in [-0.25, -0.2) is 14.8 Å². The van der Waals surface area contributed by atoms with Crippen molar-refractivity contribution in [2.75, 3.05) is 69.0 Å². The van der Waals surface area contributed by atoms with E-state index in [0.717, 1.165) is 78.8 Å². The van der Waals surface area contributed by atoms with Crippen molar-refractivity contribution in [2.45, 2.75) is 32.4 Å². The molecule has 248 valence electrons. The summed E-state index contributed by atoms with van der Waals surface area (Å²) in [4.78, 5) is 42.4. The van der Waals surface area contributed by atoms with Gasteiger partial charge in [-0.2, -0.15) is 0 Å². The molecule has 7 rings (SSSR count). The Morgan fingerprint density at radius 2 is 1.50 bits per heavy atom. The maximum Gasteiger partial charge on any atom is 0.323 e. The van der Waals surface area contributed by atoms with Gasteiger partial charge in [-0.05, 0) is 101 Å². The Kier molecular flexibility index (Phi) is 8.96. The highest BCUT2D eigenvalue weighted by atomic mass is 16.5. The monoisotopic (exact) mass is 646 g/mol. The zero-order valence-electron chi connectivity index (χ0n) is 27.8. The smallest absolute Gasteiger partial charge is 0.323 e. The molecule has 0 aliphatic carbocycles. The normalized spacial score (nSPS) is 15.8. The van der Waals surface area contributed by atoms with Crippen LogP contribution in [0.2, 0.25) is 0 Å². The molecule has 0 atom stereocenters. The van der Waals surface area contributed by atoms with Crippen molar-refractivity contribution in [3.05, 3.63) is 78.5 Å². The number of amides is 3. The molecule has 2 saturated heterocycles. The molecule has 11 heteroatoms. The highest BCUT2D eigenvalue weighted by Crippen LogP contribution is 2.33. The molecule has 2 fully saturated rings. The van der Waals surface area contributed by atoms with Crippen LogP contribution < -0.4 is 15.5 Å². The van der Waals surface area contributed by atoms with Crippen LogP contribution >= 0.6 is 0 Å². The van der Waals surface area contributed by atoms with Gasteiger partial charge < -0.3 is 34.6 Å². The fourth-order valence-corrected chi connectivity index (χ4v) is 6.73. The third-order valence-corrected chi connectivity index (χ3v) is 9.52. The highest BCUT2D eigenvalue weighted by Gasteiger charge is 2.25. The lowest BCUT2D eigenvalue weighted by Crippen LogP contribution is -2.44. The van der Waals surface area contributed by atoms with E-state index in [4.69, 9.17) is 14.7 Å². The largest absolute Gasteiger partial charge is 0.378 e. The zero-order chi connectivity index (χ0) is 33.2. The predicted molar refractivity (Wildman–Crippen MR) is 191 cm³/mol. The molecular formula is C37H42N8O3. The molecule has 0 bridgehead atoms. The van der Waals surface area contributed by atoms with Gasteiger partial charge in [0.05, 0.1) is 24.2 Å². The molecule has 2 aliphatic rings. The first kappa shape index (κ1) is 31.6. The van der Waals surface area contributed by atoms with Crippen LogP contribution in [0.3, 0.4) is 0 Å². The van der Waals surface area contributed by atoms with Crippen LogP contribution in [0.5, 0.6) is 0 Å². The van der Waals surface area contributed by atoms with Crippen molar-refractivity contribution in [1.29, 1.82) is 0 Å². The lowest BCUT2D eigenvalue weighted by atomic mass is 10.0. The molecule has 5 aromatic rings. The van der Waals surface area contributed by atoms with Gasteiger partial charge in [0.2, 0.25) is 0 Å². The molecule has 0 saturated carbocycles. The van der Waals surface area contributed by atoms with Crippen LogP contribution in [0.25, 0.3) is 33.2 Å². The van der Waals surface area contributed by atoms with Crippen molar-refractivity contribution in [1.82, 2.24) is 24.3 Å². The maximum absolute atomic E-state index is 13.0. The highest BCUT2D eigenvalue weighted by molar-refractivity contribution is 6.08. The first-order valence-corrected chi connectivity index (χ1v) is 16.7. The Labute approximate surface area is 280 Å². The summed E-state index contributed by atoms with van der Waals surface area (Å²) in [6.07, 6.45) is 4.05. The molecule has 2 aliphatic heterocycles. The number of urea groups is 1. The Bertz CT molecular complexity index is 1920. The summed E-state index contributed by atoms with van der Waals surface area (Å²) in [6, 6.07) is 21.2. The average Bonchev–Trinajstić information content (AvgIpc) is 3.56. The lowest BCUT2D eigenvalue weighted by Gasteiger charge is -2.35. The summed E-state index contributed by atoms with van der Waals surface area (Å²) in [5, 5.41) is 7.90. The van der Waals surface area contributed by atoms with Gasteiger partial charge in [-0.1, -0.05) is 0 Å². The maximum atomic E-state index is 13.0. The van der Waals surface area contributed by atoms with Gasteiger partial charge in [-0.15, -0.1) is 0 Å². The van der Waals surface area contributed by atoms with E-state index in [-0.39, 0.29) is 11.9 Å². The molecule has 11 nitrogen and oxygen atoms in total. The summed E-state index contributed by atoms with van der Waals surface area (Å²) < 4.78 is 7.84. The van der Waals surface area contributed by atoms with E-state index in [0.29, 0.717) is 42.0 Å². The van der Waals surface area contributed by atoms with E-state index in [1.807, 2.05) is 29.2 Å². The van der Waals surface area contributed by atoms with Crippen LogP contribution in [0.1, 0.15) is 30.1 Å². The number of fused-ring (bicyclic) bond motifs is 3. The van der Waals surface area contributed by atoms with E-state index >= 15 is 0 Å². The zero-order valence-corrected chi connectivity index (χ0v) is 27.8. The SMILES string of the molecule is CCn1ccc2c3nc(-c4ccc(NC(=O)Nc5ccc(C(=O)N6CCC(N(C)C)CC6)cc5)cc4)nc(N4CCOCC4)c3ccc21. The number of likely N-dealkylation sites (tertiary alicyclic amines) is 1. The van der Waals surface area contributed by atoms with Crippen LogP contribution in [0, 0.1) is 0 Å². The fraction of sp³-hybridized carbons (Fsp3) is 0.351. The Balaban J connectivity index is 1.04. The minimum absolute atomic E-state index is 0.0274. The van der Waals surface area contributed by atoms with Gasteiger partial charge in [0.1, 0.15) is 5.82 Å². The molecule has 2 aromatic heterocycles. The minimum atomic E-state index is -0.369. The van der Waals surface area contributed by atoms with Gasteiger partial charge in [0.15, 0.2) is 5.82 Å². The molecule has 48 heavy (non-hydrogen) atoms. The number of morpholine rings is 1. The van der Waals surface area contributed by atoms with Crippen molar-refractivity contribution < 1.29 is 14.3 Å². The number of aromatic nitrogens is 3. The third-order valence-electron chi connectivity index (χ3n) is 9.52. The van der Waals surface area contributed by atoms with Crippen LogP contribution in [-0.2, 0) is 11.3 Å². The second-order valence-corrected chi connectivity index (χ2v) is 12.7. The van der Waals surface area contributed by atoms with E-state index in [1.165, 1.54) is 0 Å². The van der Waals surface area contributed by atoms with Crippen molar-refractivity contribution >= 4 is 50.9 Å². The number of aryl methyl sites for hydroxylation is 1. The topological polar surface area (TPSA) is 108 Å². The molecule has 3 aromatic carbocycles. The lowest BCUT2D eigenvalue weighted by molar-refractivity contribution is 0.0663. The van der Waals surface area contributed by atoms with E-state index in [1.54, 1.807) is 24.3 Å². The molecular weight excluding hydrogens is 604 g/mol. The second kappa shape index (κ2) is 13.6. The Morgan fingerprint density at radius 1 is 0.833 bits per heavy atom. The number of hydrogen-bond donors (Lipinski definition) is 2. The number of carbonyl (C=O) groups excluding carboxylic acids is 2. The van der Waals surface area contributed by atoms with Gasteiger partial charge in [0.25, 0.3) is 5.91 Å². The first-order valence-electron chi connectivity index (χ1n) is 16.7. The Hall–Kier alpha value is -5.00. The van der Waals surface area contributed by atoms with E-state index in [9.17, 15) is 9.59 Å². The van der Waals surface area contributed by atoms with Gasteiger partial charge in [-0.3, -0.25) is 4.79 Å². The fourth-order valence-electron chi connectivity index (χ4n) is 6.73. The molecule has 0 unspecified atom stereocenters. The minimum Gasteiger partial charge on any atom is -0.378 e. The number of anilines is 3. The molecule has 0 radical (unpaired) electrons. The summed E-state index contributed by atoms with van der Waals surface area (Å²) in [7, 11) is 4.18. The van der Waals surface area contributed by atoms with Crippen molar-refractivity contribution in [3.8, 4) is 11.4 Å². The van der Waals surface area contributed by atoms with Crippen molar-refractivity contribution in [3.63, 3.8) is 0 Å². The number of rotatable bonds is 7. The number of ether oxygens (including phenoxy) is 1. The molecule has 2 N–H and O–H groups in total. The van der Waals surface area contributed by atoms with E-state index in [2.05, 4.69) is 70.4 Å². The second-order valence-electron chi connectivity index (χ2n) is 12.7. The van der Waals surface area contributed by atoms with Gasteiger partial charge in [0, 0.05) is 78.2 Å². The van der Waals surface area contributed by atoms with E-state index < -0.39 is 0 Å². The number of nitrogens with zero attached hydrogens (tertiary/aromatic N) is 6. The number of piperidine rings is 1. The number of carbonyl (C=O) groups is 2. The molecule has 4 heterocycles. The van der Waals surface area contributed by atoms with Crippen LogP contribution in [0.15, 0.2) is 72.9 Å². The molecule has 0 spiro atoms. The summed E-state index contributed by atoms with van der Waals surface area (Å²) in [6.45, 7) is 7.39. The van der Waals surface area contributed by atoms with Gasteiger partial charge >= 0.3 is 6.03 Å². The molecule has 3 amide bonds. The number of nitrogens with one attached hydrogen (secondary N) is 2. The average molecular weight is 647 g/mol. The third kappa shape index (κ3) is 6.43. The predicted octanol–water partition coefficient (Wildman–Crippen LogP) is 5.92. The van der Waals surface area contributed by atoms with Crippen molar-refractivity contribution in [2.24, 2.45) is 0 Å². The summed E-state index contributed by atoms with van der Waals surface area (Å²) >= 11 is 0. The summed E-state index contributed by atoms with van der Waals surface area (Å²) in [5.41, 5.74) is 4.80. The standard InChI is InChI=1S/C37H42N8O3/c1-4-43-20-17-30-32(43)14-13-31-33(30)40-34(41-35(31)44-21-23-48-24-22-44)25-5-9-27(10-6-25)38-37(47)39-28-11-7-26(8-12-28)36(46)45-18-15-29(16-19-45)42(2)3/h5-14,17,20,29H,4,15-16,18-19,21-24H2,1-3H3,(H2,38,39,47). The Morgan fingerprint density at radius 3 is 2.15 bits per heavy atom. The van der Waals surface area contributed by atoms with Crippen LogP contribution in [-0.4, -0.2) is 95.8 Å². The van der Waals surface area contributed by atoms with Crippen LogP contribution in [0.4, 0.5) is 22.0 Å². The quantitative estimate of drug-likeness (QED) is 0.226. The summed E-state index contributed by atoms with van der Waals surface area (Å²) in [5.74, 6) is 1.57.